The summed E-state index contributed by atoms with van der Waals surface area (Å²) in [5.74, 6) is -1.13. The van der Waals surface area contributed by atoms with Crippen LogP contribution >= 0.6 is 0 Å². The second kappa shape index (κ2) is 6.57. The smallest absolute Gasteiger partial charge is 0.337 e. The first-order valence-electron chi connectivity index (χ1n) is 5.51. The summed E-state index contributed by atoms with van der Waals surface area (Å²) in [6.45, 7) is 0. The number of aliphatic hydroxyl groups is 5. The summed E-state index contributed by atoms with van der Waals surface area (Å²) in [6.07, 6.45) is -11.6. The molecular weight excluding hydrogens is 264 g/mol. The molecule has 0 radical (unpaired) electrons. The molecule has 0 bridgehead atoms. The molecule has 0 unspecified atom stereocenters. The maximum absolute atomic E-state index is 11.1. The molecule has 1 heterocycles. The van der Waals surface area contributed by atoms with Gasteiger partial charge in [0.05, 0.1) is 7.11 Å². The summed E-state index contributed by atoms with van der Waals surface area (Å²) < 4.78 is 14.0. The van der Waals surface area contributed by atoms with Crippen molar-refractivity contribution < 1.29 is 44.5 Å². The highest BCUT2D eigenvalue weighted by molar-refractivity contribution is 5.75. The Morgan fingerprint density at radius 1 is 1.11 bits per heavy atom. The largest absolute Gasteiger partial charge is 0.467 e. The number of hydrogen-bond acceptors (Lipinski definition) is 9. The predicted molar refractivity (Wildman–Crippen MR) is 57.7 cm³/mol. The second-order valence-corrected chi connectivity index (χ2v) is 4.14. The SMILES string of the molecule is COC(=O)[C@H](O)[C@@H](O)[C@H]1O[C@H](OC)[C@@H](O)[C@@H](O)[C@@H]1O. The Balaban J connectivity index is 2.83. The molecule has 7 atom stereocenters. The van der Waals surface area contributed by atoms with E-state index < -0.39 is 48.9 Å². The second-order valence-electron chi connectivity index (χ2n) is 4.14. The normalized spacial score (nSPS) is 38.6. The number of esters is 1. The van der Waals surface area contributed by atoms with E-state index in [9.17, 15) is 30.3 Å². The fourth-order valence-corrected chi connectivity index (χ4v) is 1.79. The van der Waals surface area contributed by atoms with Crippen LogP contribution in [0.3, 0.4) is 0 Å². The van der Waals surface area contributed by atoms with E-state index in [1.807, 2.05) is 0 Å². The molecule has 0 spiro atoms. The molecule has 1 aliphatic rings. The number of methoxy groups -OCH3 is 2. The van der Waals surface area contributed by atoms with E-state index in [0.29, 0.717) is 0 Å². The zero-order chi connectivity index (χ0) is 14.7. The highest BCUT2D eigenvalue weighted by Gasteiger charge is 2.49. The third-order valence-corrected chi connectivity index (χ3v) is 2.94. The summed E-state index contributed by atoms with van der Waals surface area (Å²) in [7, 11) is 2.19. The first kappa shape index (κ1) is 16.2. The molecular formula is C10H18O9. The summed E-state index contributed by atoms with van der Waals surface area (Å²) in [6, 6.07) is 0. The molecule has 0 aliphatic carbocycles. The van der Waals surface area contributed by atoms with E-state index >= 15 is 0 Å². The summed E-state index contributed by atoms with van der Waals surface area (Å²) in [5, 5.41) is 48.0. The van der Waals surface area contributed by atoms with Gasteiger partial charge in [0.25, 0.3) is 0 Å². The molecule has 0 aromatic rings. The number of ether oxygens (including phenoxy) is 3. The number of hydrogen-bond donors (Lipinski definition) is 5. The molecule has 1 aliphatic heterocycles. The van der Waals surface area contributed by atoms with E-state index in [2.05, 4.69) is 4.74 Å². The van der Waals surface area contributed by atoms with Gasteiger partial charge in [-0.1, -0.05) is 0 Å². The third-order valence-electron chi connectivity index (χ3n) is 2.94. The lowest BCUT2D eigenvalue weighted by Crippen LogP contribution is -2.63. The van der Waals surface area contributed by atoms with Crippen LogP contribution in [-0.2, 0) is 19.0 Å². The molecule has 112 valence electrons. The van der Waals surface area contributed by atoms with Gasteiger partial charge in [0.2, 0.25) is 0 Å². The molecule has 1 fully saturated rings. The minimum atomic E-state index is -1.97. The van der Waals surface area contributed by atoms with Crippen LogP contribution in [0.4, 0.5) is 0 Å². The van der Waals surface area contributed by atoms with Gasteiger partial charge in [-0.25, -0.2) is 4.79 Å². The van der Waals surface area contributed by atoms with Crippen LogP contribution in [0.2, 0.25) is 0 Å². The zero-order valence-electron chi connectivity index (χ0n) is 10.4. The Morgan fingerprint density at radius 3 is 2.16 bits per heavy atom. The van der Waals surface area contributed by atoms with Crippen molar-refractivity contribution in [2.45, 2.75) is 42.9 Å². The Kier molecular flexibility index (Phi) is 5.62. The molecule has 0 aromatic heterocycles. The van der Waals surface area contributed by atoms with Gasteiger partial charge >= 0.3 is 5.97 Å². The van der Waals surface area contributed by atoms with Gasteiger partial charge in [-0.05, 0) is 0 Å². The highest BCUT2D eigenvalue weighted by Crippen LogP contribution is 2.25. The Hall–Kier alpha value is -0.810. The maximum Gasteiger partial charge on any atom is 0.337 e. The summed E-state index contributed by atoms with van der Waals surface area (Å²) in [4.78, 5) is 11.1. The Morgan fingerprint density at radius 2 is 1.68 bits per heavy atom. The molecule has 9 nitrogen and oxygen atoms in total. The fraction of sp³-hybridized carbons (Fsp3) is 0.900. The molecule has 0 saturated carbocycles. The van der Waals surface area contributed by atoms with Crippen molar-refractivity contribution >= 4 is 5.97 Å². The average molecular weight is 282 g/mol. The van der Waals surface area contributed by atoms with Gasteiger partial charge in [0.1, 0.15) is 30.5 Å². The van der Waals surface area contributed by atoms with E-state index in [0.717, 1.165) is 7.11 Å². The Labute approximate surface area is 108 Å². The van der Waals surface area contributed by atoms with Crippen LogP contribution in [-0.4, -0.2) is 88.6 Å². The Bertz CT molecular complexity index is 307. The molecule has 1 rings (SSSR count). The van der Waals surface area contributed by atoms with Crippen molar-refractivity contribution in [3.63, 3.8) is 0 Å². The van der Waals surface area contributed by atoms with Crippen LogP contribution in [0.1, 0.15) is 0 Å². The van der Waals surface area contributed by atoms with Crippen molar-refractivity contribution in [1.29, 1.82) is 0 Å². The molecule has 0 amide bonds. The zero-order valence-corrected chi connectivity index (χ0v) is 10.4. The third kappa shape index (κ3) is 3.20. The quantitative estimate of drug-likeness (QED) is 0.329. The summed E-state index contributed by atoms with van der Waals surface area (Å²) in [5.41, 5.74) is 0. The van der Waals surface area contributed by atoms with Gasteiger partial charge in [-0.2, -0.15) is 0 Å². The van der Waals surface area contributed by atoms with Crippen molar-refractivity contribution in [2.75, 3.05) is 14.2 Å². The van der Waals surface area contributed by atoms with Gasteiger partial charge in [-0.3, -0.25) is 0 Å². The van der Waals surface area contributed by atoms with Crippen LogP contribution in [0.5, 0.6) is 0 Å². The van der Waals surface area contributed by atoms with Crippen molar-refractivity contribution in [3.05, 3.63) is 0 Å². The lowest BCUT2D eigenvalue weighted by Gasteiger charge is -2.41. The monoisotopic (exact) mass is 282 g/mol. The van der Waals surface area contributed by atoms with Crippen LogP contribution in [0, 0.1) is 0 Å². The predicted octanol–water partition coefficient (Wildman–Crippen LogP) is -3.66. The lowest BCUT2D eigenvalue weighted by atomic mass is 9.93. The van der Waals surface area contributed by atoms with E-state index in [1.54, 1.807) is 0 Å². The topological polar surface area (TPSA) is 146 Å². The minimum Gasteiger partial charge on any atom is -0.467 e. The van der Waals surface area contributed by atoms with Crippen LogP contribution < -0.4 is 0 Å². The lowest BCUT2D eigenvalue weighted by molar-refractivity contribution is -0.308. The van der Waals surface area contributed by atoms with E-state index in [1.165, 1.54) is 7.11 Å². The number of rotatable bonds is 4. The highest BCUT2D eigenvalue weighted by atomic mass is 16.7. The van der Waals surface area contributed by atoms with E-state index in [-0.39, 0.29) is 0 Å². The van der Waals surface area contributed by atoms with Gasteiger partial charge < -0.3 is 39.7 Å². The molecule has 5 N–H and O–H groups in total. The molecule has 9 heteroatoms. The number of aliphatic hydroxyl groups excluding tert-OH is 5. The van der Waals surface area contributed by atoms with Gasteiger partial charge in [0.15, 0.2) is 12.4 Å². The molecule has 1 saturated heterocycles. The maximum atomic E-state index is 11.1. The fourth-order valence-electron chi connectivity index (χ4n) is 1.79. The average Bonchev–Trinajstić information content (AvgIpc) is 2.42. The number of carbonyl (C=O) groups excluding carboxylic acids is 1. The summed E-state index contributed by atoms with van der Waals surface area (Å²) >= 11 is 0. The van der Waals surface area contributed by atoms with Crippen molar-refractivity contribution in [2.24, 2.45) is 0 Å². The van der Waals surface area contributed by atoms with Crippen molar-refractivity contribution in [3.8, 4) is 0 Å². The first-order chi connectivity index (χ1) is 8.84. The van der Waals surface area contributed by atoms with Crippen LogP contribution in [0.25, 0.3) is 0 Å². The van der Waals surface area contributed by atoms with Gasteiger partial charge in [0, 0.05) is 7.11 Å². The molecule has 0 aromatic carbocycles. The first-order valence-corrected chi connectivity index (χ1v) is 5.51. The van der Waals surface area contributed by atoms with Crippen LogP contribution in [0.15, 0.2) is 0 Å². The number of carbonyl (C=O) groups is 1. The molecule has 19 heavy (non-hydrogen) atoms. The van der Waals surface area contributed by atoms with Gasteiger partial charge in [-0.15, -0.1) is 0 Å². The van der Waals surface area contributed by atoms with Crippen molar-refractivity contribution in [1.82, 2.24) is 0 Å². The van der Waals surface area contributed by atoms with E-state index in [4.69, 9.17) is 9.47 Å². The standard InChI is InChI=1S/C10H18O9/c1-17-9(16)6(14)5(13)8-4(12)3(11)7(15)10(18-2)19-8/h3-8,10-15H,1-2H3/t3-,4-,5+,6+,7-,8-,10-/m0/s1. The minimum absolute atomic E-state index is 1.01.